The van der Waals surface area contributed by atoms with Crippen LogP contribution in [0.15, 0.2) is 67.3 Å². The van der Waals surface area contributed by atoms with Gasteiger partial charge in [0.1, 0.15) is 0 Å². The highest BCUT2D eigenvalue weighted by molar-refractivity contribution is 5.94. The Labute approximate surface area is 153 Å². The summed E-state index contributed by atoms with van der Waals surface area (Å²) in [6, 6.07) is 12.1. The summed E-state index contributed by atoms with van der Waals surface area (Å²) in [6.07, 6.45) is 0.815. The quantitative estimate of drug-likeness (QED) is 0.745. The minimum atomic E-state index is -4.60. The van der Waals surface area contributed by atoms with Gasteiger partial charge in [0.15, 0.2) is 0 Å². The van der Waals surface area contributed by atoms with Crippen LogP contribution in [0.5, 0.6) is 0 Å². The van der Waals surface area contributed by atoms with Crippen molar-refractivity contribution in [2.24, 2.45) is 0 Å². The maximum Gasteiger partial charge on any atom is 0.451 e. The molecule has 8 heteroatoms. The molecule has 138 valence electrons. The van der Waals surface area contributed by atoms with Crippen LogP contribution in [0.4, 0.5) is 13.2 Å². The van der Waals surface area contributed by atoms with Crippen LogP contribution < -0.4 is 5.32 Å². The van der Waals surface area contributed by atoms with Gasteiger partial charge in [0.25, 0.3) is 5.91 Å². The molecule has 0 bridgehead atoms. The first-order chi connectivity index (χ1) is 12.9. The fourth-order valence-electron chi connectivity index (χ4n) is 2.57. The Morgan fingerprint density at radius 3 is 2.19 bits per heavy atom. The van der Waals surface area contributed by atoms with E-state index in [-0.39, 0.29) is 12.5 Å². The molecule has 0 aliphatic rings. The second-order valence-corrected chi connectivity index (χ2v) is 5.75. The van der Waals surface area contributed by atoms with Crippen LogP contribution >= 0.6 is 0 Å². The maximum atomic E-state index is 12.7. The van der Waals surface area contributed by atoms with E-state index in [2.05, 4.69) is 20.3 Å². The van der Waals surface area contributed by atoms with Gasteiger partial charge in [-0.25, -0.2) is 9.97 Å². The number of nitrogens with one attached hydrogen (secondary N) is 1. The number of amides is 1. The summed E-state index contributed by atoms with van der Waals surface area (Å²) < 4.78 is 38.1. The van der Waals surface area contributed by atoms with Crippen molar-refractivity contribution in [2.75, 3.05) is 6.54 Å². The lowest BCUT2D eigenvalue weighted by atomic mass is 9.94. The predicted octanol–water partition coefficient (Wildman–Crippen LogP) is 3.45. The normalized spacial score (nSPS) is 12.4. The summed E-state index contributed by atoms with van der Waals surface area (Å²) in [7, 11) is 0. The molecular formula is C19H15F3N4O. The Bertz CT molecular complexity index is 884. The number of hydrogen-bond donors (Lipinski definition) is 1. The zero-order valence-corrected chi connectivity index (χ0v) is 14.0. The highest BCUT2D eigenvalue weighted by atomic mass is 19.4. The first-order valence-corrected chi connectivity index (χ1v) is 8.07. The summed E-state index contributed by atoms with van der Waals surface area (Å²) in [5, 5.41) is 2.80. The molecule has 0 radical (unpaired) electrons. The Morgan fingerprint density at radius 1 is 0.963 bits per heavy atom. The minimum Gasteiger partial charge on any atom is -0.351 e. The molecule has 2 aromatic heterocycles. The third-order valence-corrected chi connectivity index (χ3v) is 3.94. The lowest BCUT2D eigenvalue weighted by molar-refractivity contribution is -0.145. The van der Waals surface area contributed by atoms with Crippen LogP contribution in [0.2, 0.25) is 0 Å². The molecule has 1 aromatic carbocycles. The molecule has 5 nitrogen and oxygen atoms in total. The highest BCUT2D eigenvalue weighted by Gasteiger charge is 2.34. The van der Waals surface area contributed by atoms with E-state index in [1.165, 1.54) is 0 Å². The second kappa shape index (κ2) is 7.94. The lowest BCUT2D eigenvalue weighted by Gasteiger charge is -2.18. The van der Waals surface area contributed by atoms with Gasteiger partial charge in [-0.05, 0) is 35.4 Å². The molecule has 3 aromatic rings. The van der Waals surface area contributed by atoms with E-state index >= 15 is 0 Å². The van der Waals surface area contributed by atoms with Crippen LogP contribution in [-0.4, -0.2) is 27.4 Å². The highest BCUT2D eigenvalue weighted by Crippen LogP contribution is 2.28. The van der Waals surface area contributed by atoms with Gasteiger partial charge in [-0.1, -0.05) is 18.2 Å². The summed E-state index contributed by atoms with van der Waals surface area (Å²) in [5.74, 6) is -1.89. The van der Waals surface area contributed by atoms with Gasteiger partial charge in [-0.15, -0.1) is 0 Å². The van der Waals surface area contributed by atoms with E-state index in [4.69, 9.17) is 0 Å². The van der Waals surface area contributed by atoms with Crippen molar-refractivity contribution >= 4 is 5.91 Å². The maximum absolute atomic E-state index is 12.7. The number of halogens is 3. The van der Waals surface area contributed by atoms with Gasteiger partial charge in [0, 0.05) is 42.8 Å². The van der Waals surface area contributed by atoms with Gasteiger partial charge in [0.2, 0.25) is 5.82 Å². The fraction of sp³-hybridized carbons (Fsp3) is 0.158. The molecule has 0 spiro atoms. The third kappa shape index (κ3) is 4.66. The molecule has 2 heterocycles. The van der Waals surface area contributed by atoms with Crippen LogP contribution in [0.1, 0.15) is 33.2 Å². The smallest absolute Gasteiger partial charge is 0.351 e. The van der Waals surface area contributed by atoms with Gasteiger partial charge in [0.05, 0.1) is 0 Å². The second-order valence-electron chi connectivity index (χ2n) is 5.75. The zero-order chi connectivity index (χ0) is 19.3. The van der Waals surface area contributed by atoms with Gasteiger partial charge in [-0.3, -0.25) is 9.78 Å². The first kappa shape index (κ1) is 18.5. The SMILES string of the molecule is O=C(NCC(c1ccncc1)c1cnc(C(F)(F)F)nc1)c1ccccc1. The minimum absolute atomic E-state index is 0.173. The van der Waals surface area contributed by atoms with Crippen molar-refractivity contribution < 1.29 is 18.0 Å². The molecule has 0 saturated carbocycles. The van der Waals surface area contributed by atoms with Crippen molar-refractivity contribution in [3.05, 3.63) is 89.8 Å². The van der Waals surface area contributed by atoms with Crippen LogP contribution in [-0.2, 0) is 6.18 Å². The first-order valence-electron chi connectivity index (χ1n) is 8.07. The standard InChI is InChI=1S/C19H15F3N4O/c20-19(21,22)18-25-10-15(11-26-18)16(13-6-8-23-9-7-13)12-24-17(27)14-4-2-1-3-5-14/h1-11,16H,12H2,(H,24,27). The molecule has 0 saturated heterocycles. The van der Waals surface area contributed by atoms with Crippen LogP contribution in [0, 0.1) is 0 Å². The molecule has 0 fully saturated rings. The number of benzene rings is 1. The van der Waals surface area contributed by atoms with E-state index < -0.39 is 17.9 Å². The molecule has 0 aliphatic carbocycles. The fourth-order valence-corrected chi connectivity index (χ4v) is 2.57. The van der Waals surface area contributed by atoms with Crippen LogP contribution in [0.3, 0.4) is 0 Å². The van der Waals surface area contributed by atoms with Crippen molar-refractivity contribution in [3.63, 3.8) is 0 Å². The van der Waals surface area contributed by atoms with Crippen LogP contribution in [0.25, 0.3) is 0 Å². The van der Waals surface area contributed by atoms with E-state index in [1.54, 1.807) is 54.9 Å². The van der Waals surface area contributed by atoms with Crippen molar-refractivity contribution in [1.82, 2.24) is 20.3 Å². The predicted molar refractivity (Wildman–Crippen MR) is 91.9 cm³/mol. The number of alkyl halides is 3. The average Bonchev–Trinajstić information content (AvgIpc) is 2.69. The summed E-state index contributed by atoms with van der Waals surface area (Å²) in [4.78, 5) is 23.1. The number of rotatable bonds is 5. The number of pyridine rings is 1. The molecule has 1 unspecified atom stereocenters. The Morgan fingerprint density at radius 2 is 1.59 bits per heavy atom. The van der Waals surface area contributed by atoms with Crippen molar-refractivity contribution in [2.45, 2.75) is 12.1 Å². The number of carbonyl (C=O) groups is 1. The van der Waals surface area contributed by atoms with E-state index in [0.29, 0.717) is 11.1 Å². The Kier molecular flexibility index (Phi) is 5.44. The van der Waals surface area contributed by atoms with E-state index in [1.807, 2.05) is 0 Å². The van der Waals surface area contributed by atoms with E-state index in [0.717, 1.165) is 18.0 Å². The van der Waals surface area contributed by atoms with Gasteiger partial charge >= 0.3 is 6.18 Å². The molecule has 0 aliphatic heterocycles. The number of aromatic nitrogens is 3. The Hall–Kier alpha value is -3.29. The van der Waals surface area contributed by atoms with Gasteiger partial charge in [-0.2, -0.15) is 13.2 Å². The molecular weight excluding hydrogens is 357 g/mol. The number of nitrogens with zero attached hydrogens (tertiary/aromatic N) is 3. The molecule has 3 rings (SSSR count). The molecule has 1 atom stereocenters. The molecule has 1 N–H and O–H groups in total. The summed E-state index contributed by atoms with van der Waals surface area (Å²) in [5.41, 5.74) is 1.74. The topological polar surface area (TPSA) is 67.8 Å². The van der Waals surface area contributed by atoms with Crippen molar-refractivity contribution in [1.29, 1.82) is 0 Å². The monoisotopic (exact) mass is 372 g/mol. The summed E-state index contributed by atoms with van der Waals surface area (Å²) >= 11 is 0. The number of hydrogen-bond acceptors (Lipinski definition) is 4. The van der Waals surface area contributed by atoms with Crippen molar-refractivity contribution in [3.8, 4) is 0 Å². The largest absolute Gasteiger partial charge is 0.451 e. The van der Waals surface area contributed by atoms with Gasteiger partial charge < -0.3 is 5.32 Å². The third-order valence-electron chi connectivity index (χ3n) is 3.94. The van der Waals surface area contributed by atoms with E-state index in [9.17, 15) is 18.0 Å². The number of carbonyl (C=O) groups excluding carboxylic acids is 1. The average molecular weight is 372 g/mol. The lowest BCUT2D eigenvalue weighted by Crippen LogP contribution is -2.29. The molecule has 27 heavy (non-hydrogen) atoms. The molecule has 1 amide bonds. The summed E-state index contributed by atoms with van der Waals surface area (Å²) in [6.45, 7) is 0.173. The zero-order valence-electron chi connectivity index (χ0n) is 14.0. The Balaban J connectivity index is 1.83.